The van der Waals surface area contributed by atoms with Gasteiger partial charge in [-0.1, -0.05) is 17.7 Å². The molecule has 1 amide bonds. The van der Waals surface area contributed by atoms with Crippen LogP contribution in [0.15, 0.2) is 36.4 Å². The number of halogens is 1. The molecule has 0 saturated carbocycles. The number of carbonyl (C=O) groups excluding carboxylic acids is 1. The van der Waals surface area contributed by atoms with Gasteiger partial charge in [0.25, 0.3) is 5.91 Å². The van der Waals surface area contributed by atoms with Crippen molar-refractivity contribution in [2.45, 2.75) is 13.8 Å². The van der Waals surface area contributed by atoms with Crippen molar-refractivity contribution in [1.29, 1.82) is 0 Å². The monoisotopic (exact) mass is 258 g/mol. The average Bonchev–Trinajstić information content (AvgIpc) is 2.36. The lowest BCUT2D eigenvalue weighted by atomic mass is 10.1. The molecule has 98 valence electrons. The minimum atomic E-state index is -0.525. The number of nitrogen functional groups attached to an aromatic ring is 1. The lowest BCUT2D eigenvalue weighted by molar-refractivity contribution is 0.102. The summed E-state index contributed by atoms with van der Waals surface area (Å²) in [5.41, 5.74) is 8.58. The number of benzene rings is 2. The molecule has 0 saturated heterocycles. The Balaban J connectivity index is 2.23. The molecule has 0 unspecified atom stereocenters. The van der Waals surface area contributed by atoms with Crippen LogP contribution in [-0.2, 0) is 0 Å². The largest absolute Gasteiger partial charge is 0.396 e. The van der Waals surface area contributed by atoms with Gasteiger partial charge in [0.05, 0.1) is 5.69 Å². The second-order valence-corrected chi connectivity index (χ2v) is 4.51. The van der Waals surface area contributed by atoms with Crippen LogP contribution in [0.2, 0.25) is 0 Å². The van der Waals surface area contributed by atoms with E-state index in [1.165, 1.54) is 18.2 Å². The lowest BCUT2D eigenvalue weighted by Crippen LogP contribution is -2.13. The standard InChI is InChI=1S/C15H15FN2O/c1-9-3-6-14(10(2)7-9)18-15(19)11-4-5-12(16)13(17)8-11/h3-8H,17H2,1-2H3,(H,18,19). The maximum Gasteiger partial charge on any atom is 0.255 e. The van der Waals surface area contributed by atoms with Crippen LogP contribution in [0.5, 0.6) is 0 Å². The van der Waals surface area contributed by atoms with Gasteiger partial charge in [-0.25, -0.2) is 4.39 Å². The molecular weight excluding hydrogens is 243 g/mol. The van der Waals surface area contributed by atoms with Crippen molar-refractivity contribution in [3.05, 3.63) is 58.9 Å². The van der Waals surface area contributed by atoms with E-state index in [9.17, 15) is 9.18 Å². The van der Waals surface area contributed by atoms with Crippen LogP contribution in [0.4, 0.5) is 15.8 Å². The van der Waals surface area contributed by atoms with Crippen molar-refractivity contribution in [3.8, 4) is 0 Å². The van der Waals surface area contributed by atoms with Gasteiger partial charge in [0, 0.05) is 11.3 Å². The minimum absolute atomic E-state index is 0.0340. The Kier molecular flexibility index (Phi) is 3.51. The smallest absolute Gasteiger partial charge is 0.255 e. The summed E-state index contributed by atoms with van der Waals surface area (Å²) in [4.78, 5) is 12.0. The van der Waals surface area contributed by atoms with Crippen molar-refractivity contribution in [1.82, 2.24) is 0 Å². The van der Waals surface area contributed by atoms with Crippen molar-refractivity contribution >= 4 is 17.3 Å². The third kappa shape index (κ3) is 2.91. The third-order valence-corrected chi connectivity index (χ3v) is 2.89. The molecule has 0 fully saturated rings. The SMILES string of the molecule is Cc1ccc(NC(=O)c2ccc(F)c(N)c2)c(C)c1. The third-order valence-electron chi connectivity index (χ3n) is 2.89. The van der Waals surface area contributed by atoms with Crippen LogP contribution in [0.25, 0.3) is 0 Å². The normalized spacial score (nSPS) is 10.3. The van der Waals surface area contributed by atoms with E-state index in [1.807, 2.05) is 32.0 Å². The molecule has 0 aliphatic heterocycles. The Morgan fingerprint density at radius 3 is 2.53 bits per heavy atom. The van der Waals surface area contributed by atoms with E-state index in [2.05, 4.69) is 5.32 Å². The van der Waals surface area contributed by atoms with E-state index in [-0.39, 0.29) is 11.6 Å². The quantitative estimate of drug-likeness (QED) is 0.812. The Morgan fingerprint density at radius 2 is 1.89 bits per heavy atom. The molecule has 19 heavy (non-hydrogen) atoms. The molecule has 2 aromatic rings. The number of nitrogens with two attached hydrogens (primary N) is 1. The summed E-state index contributed by atoms with van der Waals surface area (Å²) in [6.45, 7) is 3.90. The summed E-state index contributed by atoms with van der Waals surface area (Å²) in [7, 11) is 0. The number of carbonyl (C=O) groups is 1. The van der Waals surface area contributed by atoms with Crippen LogP contribution >= 0.6 is 0 Å². The van der Waals surface area contributed by atoms with Gasteiger partial charge in [-0.3, -0.25) is 4.79 Å². The zero-order valence-electron chi connectivity index (χ0n) is 10.8. The Hall–Kier alpha value is -2.36. The van der Waals surface area contributed by atoms with Gasteiger partial charge >= 0.3 is 0 Å². The van der Waals surface area contributed by atoms with E-state index in [0.29, 0.717) is 5.56 Å². The van der Waals surface area contributed by atoms with Gasteiger partial charge < -0.3 is 11.1 Å². The van der Waals surface area contributed by atoms with Gasteiger partial charge in [0.2, 0.25) is 0 Å². The Bertz CT molecular complexity index is 638. The van der Waals surface area contributed by atoms with Gasteiger partial charge in [-0.15, -0.1) is 0 Å². The second-order valence-electron chi connectivity index (χ2n) is 4.51. The lowest BCUT2D eigenvalue weighted by Gasteiger charge is -2.09. The summed E-state index contributed by atoms with van der Waals surface area (Å²) in [6, 6.07) is 9.66. The summed E-state index contributed by atoms with van der Waals surface area (Å²) in [5, 5.41) is 2.78. The fourth-order valence-electron chi connectivity index (χ4n) is 1.83. The number of aryl methyl sites for hydroxylation is 2. The zero-order chi connectivity index (χ0) is 14.0. The fraction of sp³-hybridized carbons (Fsp3) is 0.133. The number of anilines is 2. The Labute approximate surface area is 111 Å². The first-order valence-corrected chi connectivity index (χ1v) is 5.91. The maximum absolute atomic E-state index is 13.0. The predicted octanol–water partition coefficient (Wildman–Crippen LogP) is 3.28. The molecule has 0 aliphatic carbocycles. The van der Waals surface area contributed by atoms with Gasteiger partial charge in [0.1, 0.15) is 5.82 Å². The molecule has 3 N–H and O–H groups in total. The molecule has 0 spiro atoms. The molecular formula is C15H15FN2O. The van der Waals surface area contributed by atoms with Gasteiger partial charge in [0.15, 0.2) is 0 Å². The Morgan fingerprint density at radius 1 is 1.16 bits per heavy atom. The summed E-state index contributed by atoms with van der Waals surface area (Å²) in [5.74, 6) is -0.832. The first-order valence-electron chi connectivity index (χ1n) is 5.91. The van der Waals surface area contributed by atoms with E-state index in [4.69, 9.17) is 5.73 Å². The summed E-state index contributed by atoms with van der Waals surface area (Å²) in [6.07, 6.45) is 0. The van der Waals surface area contributed by atoms with Crippen molar-refractivity contribution in [3.63, 3.8) is 0 Å². The van der Waals surface area contributed by atoms with Crippen LogP contribution in [0.1, 0.15) is 21.5 Å². The number of hydrogen-bond acceptors (Lipinski definition) is 2. The number of nitrogens with one attached hydrogen (secondary N) is 1. The predicted molar refractivity (Wildman–Crippen MR) is 74.7 cm³/mol. The molecule has 0 bridgehead atoms. The maximum atomic E-state index is 13.0. The van der Waals surface area contributed by atoms with Gasteiger partial charge in [-0.2, -0.15) is 0 Å². The second kappa shape index (κ2) is 5.10. The highest BCUT2D eigenvalue weighted by molar-refractivity contribution is 6.05. The van der Waals surface area contributed by atoms with Gasteiger partial charge in [-0.05, 0) is 43.7 Å². The van der Waals surface area contributed by atoms with Crippen LogP contribution in [0, 0.1) is 19.7 Å². The van der Waals surface area contributed by atoms with E-state index in [0.717, 1.165) is 16.8 Å². The average molecular weight is 258 g/mol. The van der Waals surface area contributed by atoms with Crippen molar-refractivity contribution in [2.75, 3.05) is 11.1 Å². The van der Waals surface area contributed by atoms with Crippen molar-refractivity contribution in [2.24, 2.45) is 0 Å². The van der Waals surface area contributed by atoms with Crippen LogP contribution < -0.4 is 11.1 Å². The fourth-order valence-corrected chi connectivity index (χ4v) is 1.83. The molecule has 3 nitrogen and oxygen atoms in total. The zero-order valence-corrected chi connectivity index (χ0v) is 10.8. The highest BCUT2D eigenvalue weighted by atomic mass is 19.1. The topological polar surface area (TPSA) is 55.1 Å². The molecule has 2 aromatic carbocycles. The van der Waals surface area contributed by atoms with Crippen LogP contribution in [-0.4, -0.2) is 5.91 Å². The molecule has 0 atom stereocenters. The highest BCUT2D eigenvalue weighted by Crippen LogP contribution is 2.18. The minimum Gasteiger partial charge on any atom is -0.396 e. The molecule has 4 heteroatoms. The van der Waals surface area contributed by atoms with Crippen molar-refractivity contribution < 1.29 is 9.18 Å². The molecule has 0 aromatic heterocycles. The van der Waals surface area contributed by atoms with E-state index >= 15 is 0 Å². The number of hydrogen-bond donors (Lipinski definition) is 2. The number of rotatable bonds is 2. The van der Waals surface area contributed by atoms with E-state index < -0.39 is 5.82 Å². The molecule has 2 rings (SSSR count). The summed E-state index contributed by atoms with van der Waals surface area (Å²) < 4.78 is 13.0. The number of amides is 1. The van der Waals surface area contributed by atoms with E-state index in [1.54, 1.807) is 0 Å². The first-order chi connectivity index (χ1) is 8.97. The first kappa shape index (κ1) is 13.1. The highest BCUT2D eigenvalue weighted by Gasteiger charge is 2.09. The molecule has 0 aliphatic rings. The van der Waals surface area contributed by atoms with Crippen LogP contribution in [0.3, 0.4) is 0 Å². The summed E-state index contributed by atoms with van der Waals surface area (Å²) >= 11 is 0. The molecule has 0 radical (unpaired) electrons. The molecule has 0 heterocycles.